The molecule has 4 nitrogen and oxygen atoms in total. The maximum absolute atomic E-state index is 12.1. The zero-order valence-electron chi connectivity index (χ0n) is 10.7. The first-order chi connectivity index (χ1) is 8.57. The van der Waals surface area contributed by atoms with E-state index in [1.165, 1.54) is 0 Å². The Balaban J connectivity index is 1.97. The lowest BCUT2D eigenvalue weighted by Gasteiger charge is -2.39. The molecule has 18 heavy (non-hydrogen) atoms. The van der Waals surface area contributed by atoms with Crippen molar-refractivity contribution in [1.82, 2.24) is 10.3 Å². The van der Waals surface area contributed by atoms with Crippen molar-refractivity contribution in [2.75, 3.05) is 0 Å². The molecule has 1 aromatic rings. The van der Waals surface area contributed by atoms with Gasteiger partial charge >= 0.3 is 0 Å². The van der Waals surface area contributed by atoms with Crippen LogP contribution in [0.1, 0.15) is 30.9 Å². The van der Waals surface area contributed by atoms with Gasteiger partial charge in [0.25, 0.3) is 0 Å². The molecule has 0 bridgehead atoms. The zero-order valence-corrected chi connectivity index (χ0v) is 10.7. The minimum Gasteiger partial charge on any atom is -0.351 e. The minimum absolute atomic E-state index is 0.147. The molecule has 0 aromatic carbocycles. The number of hydrogen-bond donors (Lipinski definition) is 1. The van der Waals surface area contributed by atoms with Crippen LogP contribution in [0.2, 0.25) is 0 Å². The highest BCUT2D eigenvalue weighted by atomic mass is 16.2. The molecule has 0 spiro atoms. The van der Waals surface area contributed by atoms with Gasteiger partial charge in [0.05, 0.1) is 6.07 Å². The third kappa shape index (κ3) is 2.21. The number of hydrogen-bond acceptors (Lipinski definition) is 3. The number of pyridine rings is 1. The number of nitrogens with one attached hydrogen (secondary N) is 1. The van der Waals surface area contributed by atoms with Crippen LogP contribution in [0.3, 0.4) is 0 Å². The summed E-state index contributed by atoms with van der Waals surface area (Å²) in [6.07, 6.45) is 4.81. The summed E-state index contributed by atoms with van der Waals surface area (Å²) in [6, 6.07) is 4.08. The van der Waals surface area contributed by atoms with Crippen molar-refractivity contribution in [3.05, 3.63) is 29.6 Å². The van der Waals surface area contributed by atoms with Gasteiger partial charge in [-0.2, -0.15) is 5.26 Å². The molecule has 1 saturated carbocycles. The number of nitrogens with zero attached hydrogens (tertiary/aromatic N) is 2. The lowest BCUT2D eigenvalue weighted by atomic mass is 9.63. The molecule has 1 heterocycles. The highest BCUT2D eigenvalue weighted by Gasteiger charge is 2.48. The molecular weight excluding hydrogens is 226 g/mol. The van der Waals surface area contributed by atoms with Crippen molar-refractivity contribution in [2.24, 2.45) is 11.3 Å². The van der Waals surface area contributed by atoms with Crippen molar-refractivity contribution in [2.45, 2.75) is 33.2 Å². The van der Waals surface area contributed by atoms with Crippen LogP contribution in [-0.2, 0) is 11.3 Å². The topological polar surface area (TPSA) is 65.8 Å². The third-order valence-corrected chi connectivity index (χ3v) is 3.63. The predicted molar refractivity (Wildman–Crippen MR) is 67.3 cm³/mol. The molecule has 1 amide bonds. The maximum Gasteiger partial charge on any atom is 0.240 e. The summed E-state index contributed by atoms with van der Waals surface area (Å²) in [5.41, 5.74) is 1.29. The second-order valence-corrected chi connectivity index (χ2v) is 5.19. The van der Waals surface area contributed by atoms with E-state index in [1.54, 1.807) is 12.4 Å². The number of carbonyl (C=O) groups is 1. The molecule has 1 aliphatic carbocycles. The van der Waals surface area contributed by atoms with E-state index >= 15 is 0 Å². The molecule has 4 heteroatoms. The van der Waals surface area contributed by atoms with Crippen LogP contribution in [0, 0.1) is 29.6 Å². The summed E-state index contributed by atoms with van der Waals surface area (Å²) in [5.74, 6) is 0.321. The maximum atomic E-state index is 12.1. The van der Waals surface area contributed by atoms with Crippen LogP contribution >= 0.6 is 0 Å². The van der Waals surface area contributed by atoms with E-state index in [0.29, 0.717) is 25.3 Å². The quantitative estimate of drug-likeness (QED) is 0.882. The Kier molecular flexibility index (Phi) is 3.33. The molecule has 1 fully saturated rings. The first kappa shape index (κ1) is 12.6. The second kappa shape index (κ2) is 4.77. The summed E-state index contributed by atoms with van der Waals surface area (Å²) in [5, 5.41) is 12.0. The first-order valence-electron chi connectivity index (χ1n) is 6.16. The zero-order chi connectivity index (χ0) is 13.2. The highest BCUT2D eigenvalue weighted by molar-refractivity contribution is 5.86. The van der Waals surface area contributed by atoms with Crippen LogP contribution in [0.15, 0.2) is 18.5 Å². The van der Waals surface area contributed by atoms with Crippen molar-refractivity contribution < 1.29 is 4.79 Å². The van der Waals surface area contributed by atoms with Gasteiger partial charge in [0.1, 0.15) is 5.41 Å². The molecule has 0 atom stereocenters. The molecule has 1 N–H and O–H groups in total. The third-order valence-electron chi connectivity index (χ3n) is 3.63. The Labute approximate surface area is 107 Å². The van der Waals surface area contributed by atoms with E-state index < -0.39 is 5.41 Å². The molecule has 0 radical (unpaired) electrons. The molecular formula is C14H17N3O. The van der Waals surface area contributed by atoms with E-state index in [4.69, 9.17) is 5.26 Å². The fourth-order valence-electron chi connectivity index (χ4n) is 2.48. The summed E-state index contributed by atoms with van der Waals surface area (Å²) in [7, 11) is 0. The second-order valence-electron chi connectivity index (χ2n) is 5.19. The van der Waals surface area contributed by atoms with Crippen LogP contribution in [0.4, 0.5) is 0 Å². The lowest BCUT2D eigenvalue weighted by molar-refractivity contribution is -0.134. The Morgan fingerprint density at radius 2 is 2.39 bits per heavy atom. The van der Waals surface area contributed by atoms with Crippen LogP contribution in [-0.4, -0.2) is 10.9 Å². The molecule has 0 saturated heterocycles. The Morgan fingerprint density at radius 3 is 2.94 bits per heavy atom. The average molecular weight is 243 g/mol. The molecule has 94 valence electrons. The van der Waals surface area contributed by atoms with Gasteiger partial charge < -0.3 is 5.32 Å². The lowest BCUT2D eigenvalue weighted by Crippen LogP contribution is -2.47. The van der Waals surface area contributed by atoms with Crippen molar-refractivity contribution in [3.63, 3.8) is 0 Å². The van der Waals surface area contributed by atoms with Gasteiger partial charge in [0.2, 0.25) is 5.91 Å². The van der Waals surface area contributed by atoms with Gasteiger partial charge in [-0.15, -0.1) is 0 Å². The number of carbonyl (C=O) groups excluding carboxylic acids is 1. The van der Waals surface area contributed by atoms with Crippen LogP contribution in [0.5, 0.6) is 0 Å². The summed E-state index contributed by atoms with van der Waals surface area (Å²) >= 11 is 0. The highest BCUT2D eigenvalue weighted by Crippen LogP contribution is 2.45. The fraction of sp³-hybridized carbons (Fsp3) is 0.500. The van der Waals surface area contributed by atoms with Gasteiger partial charge in [0.15, 0.2) is 0 Å². The number of amides is 1. The fourth-order valence-corrected chi connectivity index (χ4v) is 2.48. The predicted octanol–water partition coefficient (Wildman–Crippen LogP) is 1.95. The Morgan fingerprint density at radius 1 is 1.67 bits per heavy atom. The summed E-state index contributed by atoms with van der Waals surface area (Å²) < 4.78 is 0. The first-order valence-corrected chi connectivity index (χ1v) is 6.16. The van der Waals surface area contributed by atoms with Crippen molar-refractivity contribution >= 4 is 5.91 Å². The Hall–Kier alpha value is -1.89. The van der Waals surface area contributed by atoms with E-state index in [9.17, 15) is 4.79 Å². The molecule has 1 aliphatic rings. The van der Waals surface area contributed by atoms with Gasteiger partial charge in [-0.25, -0.2) is 0 Å². The van der Waals surface area contributed by atoms with E-state index in [1.807, 2.05) is 13.0 Å². The van der Waals surface area contributed by atoms with Crippen molar-refractivity contribution in [1.29, 1.82) is 5.26 Å². The normalized spacial score (nSPS) is 25.9. The van der Waals surface area contributed by atoms with Crippen molar-refractivity contribution in [3.8, 4) is 6.07 Å². The van der Waals surface area contributed by atoms with Gasteiger partial charge in [-0.05, 0) is 42.9 Å². The standard InChI is InChI=1S/C14H17N3O/c1-10-5-14(6-10,9-15)13(18)17-8-12-7-16-4-3-11(12)2/h3-4,7,10H,5-6,8H2,1-2H3,(H,17,18). The van der Waals surface area contributed by atoms with E-state index in [2.05, 4.69) is 23.3 Å². The molecule has 0 unspecified atom stereocenters. The minimum atomic E-state index is -0.796. The largest absolute Gasteiger partial charge is 0.351 e. The monoisotopic (exact) mass is 243 g/mol. The van der Waals surface area contributed by atoms with E-state index in [0.717, 1.165) is 11.1 Å². The molecule has 0 aliphatic heterocycles. The number of aromatic nitrogens is 1. The number of nitriles is 1. The molecule has 1 aromatic heterocycles. The SMILES string of the molecule is Cc1ccncc1CNC(=O)C1(C#N)CC(C)C1. The Bertz CT molecular complexity index is 498. The summed E-state index contributed by atoms with van der Waals surface area (Å²) in [4.78, 5) is 16.1. The van der Waals surface area contributed by atoms with Crippen LogP contribution < -0.4 is 5.32 Å². The van der Waals surface area contributed by atoms with E-state index in [-0.39, 0.29) is 5.91 Å². The van der Waals surface area contributed by atoms with Gasteiger partial charge in [-0.3, -0.25) is 9.78 Å². The molecule has 2 rings (SSSR count). The summed E-state index contributed by atoms with van der Waals surface area (Å²) in [6.45, 7) is 4.49. The number of aryl methyl sites for hydroxylation is 1. The van der Waals surface area contributed by atoms with Gasteiger partial charge in [-0.1, -0.05) is 6.92 Å². The average Bonchev–Trinajstić information content (AvgIpc) is 2.33. The number of rotatable bonds is 3. The smallest absolute Gasteiger partial charge is 0.240 e. The van der Waals surface area contributed by atoms with Gasteiger partial charge in [0, 0.05) is 18.9 Å². The van der Waals surface area contributed by atoms with Crippen LogP contribution in [0.25, 0.3) is 0 Å².